The van der Waals surface area contributed by atoms with Crippen LogP contribution in [0.2, 0.25) is 0 Å². The van der Waals surface area contributed by atoms with Gasteiger partial charge in [0, 0.05) is 5.41 Å². The van der Waals surface area contributed by atoms with Crippen LogP contribution < -0.4 is 4.57 Å². The van der Waals surface area contributed by atoms with Gasteiger partial charge in [0.15, 0.2) is 0 Å². The molecule has 0 aliphatic heterocycles. The van der Waals surface area contributed by atoms with Gasteiger partial charge in [-0.15, -0.1) is 0 Å². The molecule has 1 heterocycles. The molecular weight excluding hydrogens is 556 g/mol. The van der Waals surface area contributed by atoms with Crippen LogP contribution in [0, 0.1) is 0 Å². The summed E-state index contributed by atoms with van der Waals surface area (Å²) in [6.45, 7) is 8.28. The molecule has 0 radical (unpaired) electrons. The monoisotopic (exact) mass is 628 g/mol. The minimum Gasteiger partial charge on any atom is -0.237 e. The first-order valence-corrected chi connectivity index (χ1v) is 19.8. The second kappa shape index (κ2) is 23.9. The topological polar surface area (TPSA) is 8.81 Å². The predicted octanol–water partition coefficient (Wildman–Crippen LogP) is 13.1. The van der Waals surface area contributed by atoms with Crippen LogP contribution in [0.25, 0.3) is 0 Å². The summed E-state index contributed by atoms with van der Waals surface area (Å²) in [5, 5.41) is 0. The molecule has 3 rings (SSSR count). The second-order valence-corrected chi connectivity index (χ2v) is 14.6. The molecule has 0 fully saturated rings. The van der Waals surface area contributed by atoms with Crippen LogP contribution in [0.4, 0.5) is 0 Å². The molecule has 0 saturated carbocycles. The highest BCUT2D eigenvalue weighted by Crippen LogP contribution is 2.41. The van der Waals surface area contributed by atoms with Crippen molar-refractivity contribution in [3.63, 3.8) is 0 Å². The summed E-state index contributed by atoms with van der Waals surface area (Å²) < 4.78 is 5.05. The quantitative estimate of drug-likeness (QED) is 0.0559. The van der Waals surface area contributed by atoms with Gasteiger partial charge in [0.2, 0.25) is 6.33 Å². The van der Waals surface area contributed by atoms with Crippen molar-refractivity contribution >= 4 is 0 Å². The summed E-state index contributed by atoms with van der Waals surface area (Å²) in [4.78, 5) is 0. The number of hydrogen-bond donors (Lipinski definition) is 0. The Morgan fingerprint density at radius 1 is 0.565 bits per heavy atom. The fourth-order valence-electron chi connectivity index (χ4n) is 7.56. The first-order chi connectivity index (χ1) is 22.7. The third-order valence-electron chi connectivity index (χ3n) is 10.5. The first-order valence-electron chi connectivity index (χ1n) is 19.8. The average molecular weight is 628 g/mol. The van der Waals surface area contributed by atoms with E-state index in [1.807, 2.05) is 0 Å². The molecular formula is C44H71N2+. The SMILES string of the molecule is CCCCCCCCCCCCCCC(n1cc[n+](CCCCCCCCCCC)c1)C(C)(Cc1ccccc1)c1ccccc1. The summed E-state index contributed by atoms with van der Waals surface area (Å²) in [7, 11) is 0. The van der Waals surface area contributed by atoms with Crippen LogP contribution in [0.1, 0.15) is 179 Å². The van der Waals surface area contributed by atoms with Gasteiger partial charge in [0.05, 0.1) is 6.54 Å². The van der Waals surface area contributed by atoms with Gasteiger partial charge in [-0.3, -0.25) is 0 Å². The molecule has 0 aliphatic rings. The molecule has 256 valence electrons. The number of hydrogen-bond acceptors (Lipinski definition) is 0. The highest BCUT2D eigenvalue weighted by Gasteiger charge is 2.40. The van der Waals surface area contributed by atoms with Crippen LogP contribution in [-0.2, 0) is 18.4 Å². The molecule has 2 aromatic carbocycles. The lowest BCUT2D eigenvalue weighted by atomic mass is 9.70. The second-order valence-electron chi connectivity index (χ2n) is 14.6. The Balaban J connectivity index is 1.59. The summed E-state index contributed by atoms with van der Waals surface area (Å²) in [5.74, 6) is 0. The van der Waals surface area contributed by atoms with Crippen molar-refractivity contribution in [1.82, 2.24) is 4.57 Å². The molecule has 0 amide bonds. The minimum absolute atomic E-state index is 0.00894. The number of aryl methyl sites for hydroxylation is 1. The molecule has 1 aromatic heterocycles. The van der Waals surface area contributed by atoms with Crippen molar-refractivity contribution in [2.45, 2.75) is 186 Å². The number of rotatable bonds is 28. The smallest absolute Gasteiger partial charge is 0.237 e. The number of unbranched alkanes of at least 4 members (excludes halogenated alkanes) is 19. The molecule has 2 nitrogen and oxygen atoms in total. The highest BCUT2D eigenvalue weighted by molar-refractivity contribution is 5.30. The van der Waals surface area contributed by atoms with Gasteiger partial charge in [-0.1, -0.05) is 197 Å². The van der Waals surface area contributed by atoms with Crippen molar-refractivity contribution in [3.8, 4) is 0 Å². The van der Waals surface area contributed by atoms with Crippen LogP contribution >= 0.6 is 0 Å². The molecule has 46 heavy (non-hydrogen) atoms. The van der Waals surface area contributed by atoms with Gasteiger partial charge < -0.3 is 0 Å². The van der Waals surface area contributed by atoms with Crippen LogP contribution in [0.15, 0.2) is 79.4 Å². The minimum atomic E-state index is 0.00894. The standard InChI is InChI=1S/C44H71N2/c1-4-6-8-10-12-14-15-16-17-19-21-29-35-43(44(3,42-33-27-24-28-34-42)39-41-31-25-23-26-32-41)46-38-37-45(40-46)36-30-22-20-18-13-11-9-7-5-2/h23-28,31-34,37-38,40,43H,4-22,29-30,35-36,39H2,1-3H3/q+1. The lowest BCUT2D eigenvalue weighted by Crippen LogP contribution is -2.38. The third kappa shape index (κ3) is 14.6. The Labute approximate surface area is 285 Å². The maximum atomic E-state index is 2.59. The zero-order chi connectivity index (χ0) is 32.5. The Hall–Kier alpha value is -2.35. The molecule has 0 bridgehead atoms. The van der Waals surface area contributed by atoms with E-state index in [1.165, 1.54) is 152 Å². The normalized spacial score (nSPS) is 13.5. The highest BCUT2D eigenvalue weighted by atomic mass is 15.1. The number of nitrogens with zero attached hydrogens (tertiary/aromatic N) is 2. The van der Waals surface area contributed by atoms with Crippen molar-refractivity contribution in [2.24, 2.45) is 0 Å². The molecule has 0 N–H and O–H groups in total. The van der Waals surface area contributed by atoms with E-state index in [-0.39, 0.29) is 5.41 Å². The summed E-state index contributed by atoms with van der Waals surface area (Å²) in [6.07, 6.45) is 38.7. The van der Waals surface area contributed by atoms with E-state index in [4.69, 9.17) is 0 Å². The molecule has 0 saturated heterocycles. The Morgan fingerprint density at radius 3 is 1.54 bits per heavy atom. The molecule has 2 unspecified atom stereocenters. The van der Waals surface area contributed by atoms with E-state index in [0.717, 1.165) is 13.0 Å². The third-order valence-corrected chi connectivity index (χ3v) is 10.5. The van der Waals surface area contributed by atoms with Gasteiger partial charge in [-0.25, -0.2) is 9.13 Å². The Morgan fingerprint density at radius 2 is 1.02 bits per heavy atom. The van der Waals surface area contributed by atoms with Gasteiger partial charge >= 0.3 is 0 Å². The number of benzene rings is 2. The van der Waals surface area contributed by atoms with Crippen LogP contribution in [0.5, 0.6) is 0 Å². The van der Waals surface area contributed by atoms with E-state index in [1.54, 1.807) is 0 Å². The van der Waals surface area contributed by atoms with Crippen molar-refractivity contribution in [3.05, 3.63) is 90.5 Å². The fraction of sp³-hybridized carbons (Fsp3) is 0.659. The Kier molecular flexibility index (Phi) is 19.8. The van der Waals surface area contributed by atoms with E-state index >= 15 is 0 Å². The average Bonchev–Trinajstić information content (AvgIpc) is 3.55. The zero-order valence-corrected chi connectivity index (χ0v) is 30.4. The van der Waals surface area contributed by atoms with Crippen molar-refractivity contribution in [1.29, 1.82) is 0 Å². The largest absolute Gasteiger partial charge is 0.244 e. The molecule has 0 aliphatic carbocycles. The maximum Gasteiger partial charge on any atom is 0.244 e. The van der Waals surface area contributed by atoms with Crippen LogP contribution in [0.3, 0.4) is 0 Å². The molecule has 0 spiro atoms. The van der Waals surface area contributed by atoms with Gasteiger partial charge in [0.1, 0.15) is 18.4 Å². The summed E-state index contributed by atoms with van der Waals surface area (Å²) >= 11 is 0. The molecule has 2 heteroatoms. The van der Waals surface area contributed by atoms with E-state index < -0.39 is 0 Å². The van der Waals surface area contributed by atoms with E-state index in [0.29, 0.717) is 6.04 Å². The molecule has 2 atom stereocenters. The Bertz CT molecular complexity index is 1100. The van der Waals surface area contributed by atoms with Crippen molar-refractivity contribution < 1.29 is 4.57 Å². The lowest BCUT2D eigenvalue weighted by Gasteiger charge is -2.37. The first kappa shape index (κ1) is 38.1. The van der Waals surface area contributed by atoms with E-state index in [2.05, 4.69) is 109 Å². The number of imidazole rings is 1. The fourth-order valence-corrected chi connectivity index (χ4v) is 7.56. The number of aromatic nitrogens is 2. The van der Waals surface area contributed by atoms with Gasteiger partial charge in [0.25, 0.3) is 0 Å². The van der Waals surface area contributed by atoms with Crippen molar-refractivity contribution in [2.75, 3.05) is 0 Å². The zero-order valence-electron chi connectivity index (χ0n) is 30.4. The lowest BCUT2D eigenvalue weighted by molar-refractivity contribution is -0.697. The van der Waals surface area contributed by atoms with Gasteiger partial charge in [-0.2, -0.15) is 0 Å². The predicted molar refractivity (Wildman–Crippen MR) is 201 cm³/mol. The van der Waals surface area contributed by atoms with E-state index in [9.17, 15) is 0 Å². The maximum absolute atomic E-state index is 2.59. The molecule has 3 aromatic rings. The van der Waals surface area contributed by atoms with Crippen LogP contribution in [-0.4, -0.2) is 4.57 Å². The van der Waals surface area contributed by atoms with Gasteiger partial charge in [-0.05, 0) is 43.2 Å². The summed E-state index contributed by atoms with van der Waals surface area (Å²) in [5.41, 5.74) is 2.90. The summed E-state index contributed by atoms with van der Waals surface area (Å²) in [6, 6.07) is 23.0.